The minimum atomic E-state index is 0. The van der Waals surface area contributed by atoms with Crippen LogP contribution in [0.4, 0.5) is 0 Å². The van der Waals surface area contributed by atoms with Gasteiger partial charge in [-0.2, -0.15) is 0 Å². The van der Waals surface area contributed by atoms with Crippen molar-refractivity contribution in [3.8, 4) is 12.8 Å². The van der Waals surface area contributed by atoms with Crippen molar-refractivity contribution >= 4 is 0 Å². The average molecular weight is 328 g/mol. The Hall–Kier alpha value is -0.844. The normalized spacial score (nSPS) is 0.909. The van der Waals surface area contributed by atoms with E-state index in [9.17, 15) is 0 Å². The maximum atomic E-state index is 7.50. The molecule has 11 heavy (non-hydrogen) atoms. The minimum absolute atomic E-state index is 0. The monoisotopic (exact) mass is 330 g/mol. The second-order valence-electron chi connectivity index (χ2n) is 0. The summed E-state index contributed by atoms with van der Waals surface area (Å²) < 4.78 is 30.0. The molecule has 5 heteroatoms. The van der Waals surface area contributed by atoms with Crippen molar-refractivity contribution in [1.82, 2.24) is 0 Å². The van der Waals surface area contributed by atoms with E-state index in [0.717, 1.165) is 0 Å². The molecule has 0 aliphatic carbocycles. The van der Waals surface area contributed by atoms with Crippen LogP contribution in [0.1, 0.15) is 0 Å². The van der Waals surface area contributed by atoms with Crippen molar-refractivity contribution < 1.29 is 38.4 Å². The first-order valence-electron chi connectivity index (χ1n) is 1.15. The molecule has 0 saturated carbocycles. The quantitative estimate of drug-likeness (QED) is 0.343. The Kier molecular flexibility index (Phi) is 3840. The van der Waals surface area contributed by atoms with Crippen molar-refractivity contribution in [2.45, 2.75) is 0 Å². The molecule has 0 aromatic carbocycles. The molecule has 0 atom stereocenters. The van der Waals surface area contributed by atoms with Gasteiger partial charge in [-0.05, 0) is 0 Å². The van der Waals surface area contributed by atoms with Gasteiger partial charge in [0.15, 0.2) is 0 Å². The maximum Gasteiger partial charge on any atom is 0 e. The maximum absolute atomic E-state index is 7.50. The van der Waals surface area contributed by atoms with Crippen LogP contribution in [0, 0.1) is 39.4 Å². The van der Waals surface area contributed by atoms with E-state index in [-0.39, 0.29) is 19.8 Å². The van der Waals surface area contributed by atoms with Crippen LogP contribution in [0.2, 0.25) is 0 Å². The summed E-state index contributed by atoms with van der Waals surface area (Å²) in [5.41, 5.74) is 0. The molecule has 0 spiro atoms. The Morgan fingerprint density at radius 1 is 0.545 bits per heavy atom. The number of terminal acetylenes is 1. The van der Waals surface area contributed by atoms with E-state index in [2.05, 4.69) is 39.4 Å². The molecule has 0 fully saturated rings. The summed E-state index contributed by atoms with van der Waals surface area (Å²) in [6.45, 7) is 18.0. The molecule has 0 unspecified atom stereocenters. The molecule has 0 aromatic heterocycles. The predicted molar refractivity (Wildman–Crippen MR) is 25.6 cm³/mol. The second kappa shape index (κ2) is 856. The van der Waals surface area contributed by atoms with E-state index in [1.165, 1.54) is 0 Å². The average Bonchev–Trinajstić information content (AvgIpc) is 2.20. The van der Waals surface area contributed by atoms with Crippen molar-refractivity contribution in [1.29, 1.82) is 0 Å². The van der Waals surface area contributed by atoms with Gasteiger partial charge in [0, 0.05) is 19.8 Å². The Bertz CT molecular complexity index is 73.1. The molecule has 58 valence electrons. The van der Waals surface area contributed by atoms with Gasteiger partial charge in [0.2, 0.25) is 0 Å². The second-order valence-corrected chi connectivity index (χ2v) is 0. The zero-order valence-corrected chi connectivity index (χ0v) is 7.68. The molecule has 0 saturated heterocycles. The SMILES string of the molecule is C#C.[C-]#[O+].[C-]#[O+].[C-]#[O+].[C-]#[O+].[Os]. The van der Waals surface area contributed by atoms with E-state index in [0.29, 0.717) is 0 Å². The largest absolute Gasteiger partial charge is 0 e. The van der Waals surface area contributed by atoms with Crippen LogP contribution in [0.3, 0.4) is 0 Å². The number of hydrogen-bond donors (Lipinski definition) is 0. The van der Waals surface area contributed by atoms with Gasteiger partial charge in [0.1, 0.15) is 0 Å². The Morgan fingerprint density at radius 2 is 0.545 bits per heavy atom. The van der Waals surface area contributed by atoms with Gasteiger partial charge in [-0.3, -0.25) is 0 Å². The molecular weight excluding hydrogens is 326 g/mol. The Labute approximate surface area is 78.3 Å². The smallest absolute Gasteiger partial charge is 0 e. The molecule has 0 aliphatic rings. The summed E-state index contributed by atoms with van der Waals surface area (Å²) in [4.78, 5) is 0. The van der Waals surface area contributed by atoms with Crippen LogP contribution in [-0.2, 0) is 38.4 Å². The molecule has 0 aliphatic heterocycles. The summed E-state index contributed by atoms with van der Waals surface area (Å²) in [5, 5.41) is 0. The van der Waals surface area contributed by atoms with Crippen molar-refractivity contribution in [2.75, 3.05) is 0 Å². The molecule has 0 amide bonds. The first-order chi connectivity index (χ1) is 5.00. The van der Waals surface area contributed by atoms with Crippen LogP contribution in [-0.4, -0.2) is 0 Å². The molecule has 0 radical (unpaired) electrons. The minimum Gasteiger partial charge on any atom is 0 e. The molecule has 0 rings (SSSR count). The molecule has 0 bridgehead atoms. The van der Waals surface area contributed by atoms with Crippen LogP contribution >= 0.6 is 0 Å². The van der Waals surface area contributed by atoms with Crippen molar-refractivity contribution in [3.05, 3.63) is 26.6 Å². The third-order valence-electron chi connectivity index (χ3n) is 0. The first-order valence-corrected chi connectivity index (χ1v) is 1.15. The van der Waals surface area contributed by atoms with E-state index in [4.69, 9.17) is 18.6 Å². The van der Waals surface area contributed by atoms with Gasteiger partial charge in [0.05, 0.1) is 0 Å². The summed E-state index contributed by atoms with van der Waals surface area (Å²) in [6.07, 6.45) is 8.00. The van der Waals surface area contributed by atoms with Gasteiger partial charge >= 0.3 is 45.2 Å². The van der Waals surface area contributed by atoms with Crippen molar-refractivity contribution in [3.63, 3.8) is 0 Å². The van der Waals surface area contributed by atoms with Gasteiger partial charge < -0.3 is 0 Å². The third-order valence-corrected chi connectivity index (χ3v) is 0. The van der Waals surface area contributed by atoms with Gasteiger partial charge in [-0.1, -0.05) is 0 Å². The zero-order chi connectivity index (χ0) is 10.0. The fourth-order valence-corrected chi connectivity index (χ4v) is 0. The van der Waals surface area contributed by atoms with Gasteiger partial charge in [0.25, 0.3) is 0 Å². The van der Waals surface area contributed by atoms with E-state index in [1.54, 1.807) is 0 Å². The van der Waals surface area contributed by atoms with Crippen LogP contribution in [0.25, 0.3) is 0 Å². The Morgan fingerprint density at radius 3 is 0.545 bits per heavy atom. The summed E-state index contributed by atoms with van der Waals surface area (Å²) in [5.74, 6) is 0. The topological polar surface area (TPSA) is 79.6 Å². The predicted octanol–water partition coefficient (Wildman–Crippen LogP) is 0.0969. The summed E-state index contributed by atoms with van der Waals surface area (Å²) >= 11 is 0. The van der Waals surface area contributed by atoms with Crippen LogP contribution in [0.5, 0.6) is 0 Å². The first kappa shape index (κ1) is 49.3. The number of hydrogen-bond acceptors (Lipinski definition) is 0. The fraction of sp³-hybridized carbons (Fsp3) is 0. The standard InChI is InChI=1S/C2H2.4CO.Os/c5*1-2;/h1-2H;;;;;. The molecule has 0 aromatic rings. The molecule has 4 nitrogen and oxygen atoms in total. The van der Waals surface area contributed by atoms with E-state index in [1.807, 2.05) is 0 Å². The molecule has 0 N–H and O–H groups in total. The summed E-state index contributed by atoms with van der Waals surface area (Å²) in [7, 11) is 0. The van der Waals surface area contributed by atoms with Crippen LogP contribution < -0.4 is 0 Å². The van der Waals surface area contributed by atoms with Crippen molar-refractivity contribution in [2.24, 2.45) is 0 Å². The number of rotatable bonds is 0. The fourth-order valence-electron chi connectivity index (χ4n) is 0. The Balaban J connectivity index is -0.00000000694. The van der Waals surface area contributed by atoms with E-state index < -0.39 is 0 Å². The summed E-state index contributed by atoms with van der Waals surface area (Å²) in [6, 6.07) is 0. The third kappa shape index (κ3) is 659. The van der Waals surface area contributed by atoms with Gasteiger partial charge in [-0.25, -0.2) is 0 Å². The molecule has 0 heterocycles. The van der Waals surface area contributed by atoms with Gasteiger partial charge in [-0.15, -0.1) is 12.8 Å². The molecular formula is C6H2O4Os. The zero-order valence-electron chi connectivity index (χ0n) is 5.14. The van der Waals surface area contributed by atoms with E-state index >= 15 is 0 Å². The van der Waals surface area contributed by atoms with Crippen LogP contribution in [0.15, 0.2) is 0 Å².